The third-order valence-electron chi connectivity index (χ3n) is 2.68. The molecule has 1 aromatic rings. The highest BCUT2D eigenvalue weighted by molar-refractivity contribution is 5.50. The van der Waals surface area contributed by atoms with Gasteiger partial charge < -0.3 is 15.4 Å². The Kier molecular flexibility index (Phi) is 2.77. The maximum absolute atomic E-state index is 5.74. The molecule has 1 fully saturated rings. The minimum Gasteiger partial charge on any atom is -0.397 e. The summed E-state index contributed by atoms with van der Waals surface area (Å²) in [5.41, 5.74) is 7.38. The van der Waals surface area contributed by atoms with E-state index in [2.05, 4.69) is 16.8 Å². The number of hydrogen-bond acceptors (Lipinski definition) is 4. The molecule has 0 spiro atoms. The van der Waals surface area contributed by atoms with Crippen molar-refractivity contribution in [3.8, 4) is 0 Å². The fraction of sp³-hybridized carbons (Fsp3) is 0.545. The monoisotopic (exact) mass is 207 g/mol. The van der Waals surface area contributed by atoms with E-state index in [0.717, 1.165) is 36.9 Å². The van der Waals surface area contributed by atoms with Crippen LogP contribution in [0.25, 0.3) is 0 Å². The van der Waals surface area contributed by atoms with Crippen LogP contribution in [0.15, 0.2) is 12.1 Å². The van der Waals surface area contributed by atoms with Crippen molar-refractivity contribution in [3.63, 3.8) is 0 Å². The van der Waals surface area contributed by atoms with Crippen LogP contribution < -0.4 is 10.6 Å². The maximum Gasteiger partial charge on any atom is 0.129 e. The Morgan fingerprint density at radius 2 is 2.33 bits per heavy atom. The van der Waals surface area contributed by atoms with Gasteiger partial charge in [0.15, 0.2) is 0 Å². The van der Waals surface area contributed by atoms with Gasteiger partial charge in [0.2, 0.25) is 0 Å². The fourth-order valence-corrected chi connectivity index (χ4v) is 1.76. The van der Waals surface area contributed by atoms with E-state index < -0.39 is 0 Å². The van der Waals surface area contributed by atoms with Gasteiger partial charge in [-0.05, 0) is 26.0 Å². The molecule has 1 aliphatic heterocycles. The Hall–Kier alpha value is -1.29. The van der Waals surface area contributed by atoms with Crippen LogP contribution in [-0.2, 0) is 4.74 Å². The number of ether oxygens (including phenoxy) is 1. The van der Waals surface area contributed by atoms with E-state index in [4.69, 9.17) is 10.5 Å². The molecule has 0 amide bonds. The van der Waals surface area contributed by atoms with E-state index in [9.17, 15) is 0 Å². The zero-order valence-corrected chi connectivity index (χ0v) is 9.23. The highest BCUT2D eigenvalue weighted by Gasteiger charge is 2.17. The van der Waals surface area contributed by atoms with Crippen molar-refractivity contribution in [1.82, 2.24) is 4.98 Å². The second kappa shape index (κ2) is 4.06. The first-order chi connectivity index (χ1) is 7.16. The Morgan fingerprint density at radius 3 is 3.00 bits per heavy atom. The summed E-state index contributed by atoms with van der Waals surface area (Å²) in [5.74, 6) is 0.997. The number of nitrogens with zero attached hydrogens (tertiary/aromatic N) is 2. The summed E-state index contributed by atoms with van der Waals surface area (Å²) in [4.78, 5) is 6.71. The molecule has 1 atom stereocenters. The number of aryl methyl sites for hydroxylation is 1. The number of pyridine rings is 1. The van der Waals surface area contributed by atoms with Crippen molar-refractivity contribution >= 4 is 11.5 Å². The molecule has 2 heterocycles. The number of hydrogen-bond donors (Lipinski definition) is 1. The predicted octanol–water partition coefficient (Wildman–Crippen LogP) is 1.20. The number of aromatic nitrogens is 1. The van der Waals surface area contributed by atoms with Crippen LogP contribution in [-0.4, -0.2) is 30.8 Å². The molecule has 1 saturated heterocycles. The van der Waals surface area contributed by atoms with Gasteiger partial charge in [-0.3, -0.25) is 0 Å². The van der Waals surface area contributed by atoms with Crippen molar-refractivity contribution in [2.24, 2.45) is 0 Å². The standard InChI is InChI=1S/C11H17N3O/c1-8-7-14(5-6-15-8)11-4-3-10(12)9(2)13-11/h3-4,8H,5-7,12H2,1-2H3/t8-/m0/s1. The van der Waals surface area contributed by atoms with E-state index in [1.807, 2.05) is 19.1 Å². The van der Waals surface area contributed by atoms with Crippen LogP contribution in [0.3, 0.4) is 0 Å². The highest BCUT2D eigenvalue weighted by Crippen LogP contribution is 2.18. The second-order valence-electron chi connectivity index (χ2n) is 3.97. The van der Waals surface area contributed by atoms with Crippen LogP contribution in [0.5, 0.6) is 0 Å². The summed E-state index contributed by atoms with van der Waals surface area (Å²) in [6, 6.07) is 3.89. The van der Waals surface area contributed by atoms with Gasteiger partial charge in [-0.2, -0.15) is 0 Å². The molecule has 0 bridgehead atoms. The fourth-order valence-electron chi connectivity index (χ4n) is 1.76. The van der Waals surface area contributed by atoms with Crippen LogP contribution in [0.1, 0.15) is 12.6 Å². The lowest BCUT2D eigenvalue weighted by Crippen LogP contribution is -2.41. The topological polar surface area (TPSA) is 51.4 Å². The molecule has 15 heavy (non-hydrogen) atoms. The van der Waals surface area contributed by atoms with Crippen molar-refractivity contribution < 1.29 is 4.74 Å². The van der Waals surface area contributed by atoms with E-state index in [1.165, 1.54) is 0 Å². The van der Waals surface area contributed by atoms with Crippen LogP contribution >= 0.6 is 0 Å². The van der Waals surface area contributed by atoms with Gasteiger partial charge in [-0.15, -0.1) is 0 Å². The first-order valence-corrected chi connectivity index (χ1v) is 5.26. The third-order valence-corrected chi connectivity index (χ3v) is 2.68. The van der Waals surface area contributed by atoms with E-state index in [0.29, 0.717) is 0 Å². The first-order valence-electron chi connectivity index (χ1n) is 5.26. The summed E-state index contributed by atoms with van der Waals surface area (Å²) in [5, 5.41) is 0. The Morgan fingerprint density at radius 1 is 1.53 bits per heavy atom. The van der Waals surface area contributed by atoms with Crippen molar-refractivity contribution in [2.75, 3.05) is 30.3 Å². The number of nitrogen functional groups attached to an aromatic ring is 1. The summed E-state index contributed by atoms with van der Waals surface area (Å²) >= 11 is 0. The normalized spacial score (nSPS) is 21.7. The quantitative estimate of drug-likeness (QED) is 0.751. The van der Waals surface area contributed by atoms with Gasteiger partial charge in [0.1, 0.15) is 5.82 Å². The van der Waals surface area contributed by atoms with Gasteiger partial charge in [0, 0.05) is 13.1 Å². The highest BCUT2D eigenvalue weighted by atomic mass is 16.5. The molecular weight excluding hydrogens is 190 g/mol. The predicted molar refractivity (Wildman–Crippen MR) is 61.0 cm³/mol. The minimum absolute atomic E-state index is 0.276. The van der Waals surface area contributed by atoms with Gasteiger partial charge >= 0.3 is 0 Å². The van der Waals surface area contributed by atoms with Crippen molar-refractivity contribution in [2.45, 2.75) is 20.0 Å². The Labute approximate surface area is 90.0 Å². The molecule has 0 unspecified atom stereocenters. The molecule has 4 nitrogen and oxygen atoms in total. The Bertz CT molecular complexity index is 354. The number of anilines is 2. The molecule has 0 radical (unpaired) electrons. The van der Waals surface area contributed by atoms with E-state index in [-0.39, 0.29) is 6.10 Å². The summed E-state index contributed by atoms with van der Waals surface area (Å²) in [6.07, 6.45) is 0.276. The lowest BCUT2D eigenvalue weighted by atomic mass is 10.2. The van der Waals surface area contributed by atoms with Crippen molar-refractivity contribution in [1.29, 1.82) is 0 Å². The summed E-state index contributed by atoms with van der Waals surface area (Å²) < 4.78 is 5.49. The smallest absolute Gasteiger partial charge is 0.129 e. The van der Waals surface area contributed by atoms with Crippen LogP contribution in [0.4, 0.5) is 11.5 Å². The summed E-state index contributed by atoms with van der Waals surface area (Å²) in [7, 11) is 0. The lowest BCUT2D eigenvalue weighted by molar-refractivity contribution is 0.0529. The average Bonchev–Trinajstić information content (AvgIpc) is 2.22. The third kappa shape index (κ3) is 2.21. The molecular formula is C11H17N3O. The average molecular weight is 207 g/mol. The molecule has 1 aromatic heterocycles. The first kappa shape index (κ1) is 10.2. The second-order valence-corrected chi connectivity index (χ2v) is 3.97. The largest absolute Gasteiger partial charge is 0.397 e. The number of nitrogens with two attached hydrogens (primary N) is 1. The van der Waals surface area contributed by atoms with E-state index in [1.54, 1.807) is 0 Å². The number of rotatable bonds is 1. The SMILES string of the molecule is Cc1nc(N2CCO[C@@H](C)C2)ccc1N. The molecule has 82 valence electrons. The van der Waals surface area contributed by atoms with E-state index >= 15 is 0 Å². The zero-order valence-electron chi connectivity index (χ0n) is 9.23. The molecule has 1 aliphatic rings. The van der Waals surface area contributed by atoms with Crippen LogP contribution in [0.2, 0.25) is 0 Å². The van der Waals surface area contributed by atoms with Gasteiger partial charge in [0.25, 0.3) is 0 Å². The van der Waals surface area contributed by atoms with Crippen molar-refractivity contribution in [3.05, 3.63) is 17.8 Å². The zero-order chi connectivity index (χ0) is 10.8. The lowest BCUT2D eigenvalue weighted by Gasteiger charge is -2.32. The maximum atomic E-state index is 5.74. The molecule has 0 aromatic carbocycles. The van der Waals surface area contributed by atoms with Gasteiger partial charge in [0.05, 0.1) is 24.1 Å². The Balaban J connectivity index is 2.18. The summed E-state index contributed by atoms with van der Waals surface area (Å²) in [6.45, 7) is 6.59. The molecule has 2 N–H and O–H groups in total. The minimum atomic E-state index is 0.276. The van der Waals surface area contributed by atoms with Crippen LogP contribution in [0, 0.1) is 6.92 Å². The number of morpholine rings is 1. The van der Waals surface area contributed by atoms with Gasteiger partial charge in [-0.25, -0.2) is 4.98 Å². The van der Waals surface area contributed by atoms with Gasteiger partial charge in [-0.1, -0.05) is 0 Å². The molecule has 2 rings (SSSR count). The molecule has 0 saturated carbocycles. The molecule has 0 aliphatic carbocycles. The molecule has 4 heteroatoms.